The number of hydrogen-bond acceptors (Lipinski definition) is 4. The van der Waals surface area contributed by atoms with E-state index in [2.05, 4.69) is 4.98 Å². The Hall–Kier alpha value is -2.14. The fraction of sp³-hybridized carbons (Fsp3) is 0.286. The molecule has 1 fully saturated rings. The molecule has 2 heterocycles. The van der Waals surface area contributed by atoms with Gasteiger partial charge in [-0.15, -0.1) is 0 Å². The van der Waals surface area contributed by atoms with Gasteiger partial charge in [-0.2, -0.15) is 0 Å². The van der Waals surface area contributed by atoms with Crippen molar-refractivity contribution in [1.82, 2.24) is 9.88 Å². The Labute approximate surface area is 110 Å². The molecule has 1 aromatic carbocycles. The molecular weight excluding hydrogens is 244 g/mol. The van der Waals surface area contributed by atoms with Gasteiger partial charge in [0.25, 0.3) is 5.91 Å². The molecule has 98 valence electrons. The van der Waals surface area contributed by atoms with Crippen molar-refractivity contribution in [2.75, 3.05) is 13.1 Å². The van der Waals surface area contributed by atoms with Crippen LogP contribution in [-0.4, -0.2) is 40.1 Å². The second kappa shape index (κ2) is 4.85. The highest BCUT2D eigenvalue weighted by Gasteiger charge is 2.25. The molecule has 1 atom stereocenters. The lowest BCUT2D eigenvalue weighted by Gasteiger charge is -2.15. The van der Waals surface area contributed by atoms with Crippen LogP contribution in [-0.2, 0) is 0 Å². The highest BCUT2D eigenvalue weighted by molar-refractivity contribution is 5.94. The SMILES string of the molecule is O=C(c1ccc(-c2cnco2)cc1)N1CC[C@@H](O)C1. The van der Waals surface area contributed by atoms with E-state index in [1.807, 2.05) is 12.1 Å². The summed E-state index contributed by atoms with van der Waals surface area (Å²) in [5.41, 5.74) is 1.51. The fourth-order valence-electron chi connectivity index (χ4n) is 2.24. The van der Waals surface area contributed by atoms with Gasteiger partial charge in [0.15, 0.2) is 12.2 Å². The Morgan fingerprint density at radius 3 is 2.74 bits per heavy atom. The van der Waals surface area contributed by atoms with Crippen LogP contribution >= 0.6 is 0 Å². The van der Waals surface area contributed by atoms with Crippen molar-refractivity contribution in [2.24, 2.45) is 0 Å². The molecule has 2 aromatic rings. The maximum Gasteiger partial charge on any atom is 0.253 e. The molecule has 0 unspecified atom stereocenters. The Bertz CT molecular complexity index is 563. The van der Waals surface area contributed by atoms with Gasteiger partial charge in [0.05, 0.1) is 12.3 Å². The number of amides is 1. The minimum absolute atomic E-state index is 0.0410. The van der Waals surface area contributed by atoms with Gasteiger partial charge in [-0.25, -0.2) is 4.98 Å². The zero-order valence-electron chi connectivity index (χ0n) is 10.3. The van der Waals surface area contributed by atoms with Crippen LogP contribution in [0.15, 0.2) is 41.3 Å². The zero-order valence-corrected chi connectivity index (χ0v) is 10.3. The van der Waals surface area contributed by atoms with Crippen LogP contribution < -0.4 is 0 Å². The number of rotatable bonds is 2. The molecule has 1 aliphatic heterocycles. The number of likely N-dealkylation sites (tertiary alicyclic amines) is 1. The lowest BCUT2D eigenvalue weighted by molar-refractivity contribution is 0.0765. The molecule has 19 heavy (non-hydrogen) atoms. The second-order valence-electron chi connectivity index (χ2n) is 4.64. The summed E-state index contributed by atoms with van der Waals surface area (Å²) < 4.78 is 5.19. The van der Waals surface area contributed by atoms with Crippen LogP contribution in [0.25, 0.3) is 11.3 Å². The first kappa shape index (κ1) is 11.9. The number of benzene rings is 1. The summed E-state index contributed by atoms with van der Waals surface area (Å²) in [5.74, 6) is 0.635. The summed E-state index contributed by atoms with van der Waals surface area (Å²) in [6, 6.07) is 7.20. The van der Waals surface area contributed by atoms with Crippen LogP contribution in [0, 0.1) is 0 Å². The number of aliphatic hydroxyl groups is 1. The van der Waals surface area contributed by atoms with E-state index in [9.17, 15) is 9.90 Å². The normalized spacial score (nSPS) is 18.8. The number of aliphatic hydroxyl groups excluding tert-OH is 1. The highest BCUT2D eigenvalue weighted by atomic mass is 16.3. The smallest absolute Gasteiger partial charge is 0.253 e. The monoisotopic (exact) mass is 258 g/mol. The van der Waals surface area contributed by atoms with Crippen molar-refractivity contribution >= 4 is 5.91 Å². The van der Waals surface area contributed by atoms with E-state index in [1.165, 1.54) is 6.39 Å². The van der Waals surface area contributed by atoms with E-state index < -0.39 is 6.10 Å². The van der Waals surface area contributed by atoms with Crippen LogP contribution in [0.2, 0.25) is 0 Å². The van der Waals surface area contributed by atoms with E-state index in [0.29, 0.717) is 30.8 Å². The molecule has 0 aliphatic carbocycles. The Morgan fingerprint density at radius 2 is 2.16 bits per heavy atom. The molecule has 0 saturated carbocycles. The Kier molecular flexibility index (Phi) is 3.05. The van der Waals surface area contributed by atoms with E-state index in [4.69, 9.17) is 4.42 Å². The number of nitrogens with zero attached hydrogens (tertiary/aromatic N) is 2. The van der Waals surface area contributed by atoms with Crippen molar-refractivity contribution in [3.8, 4) is 11.3 Å². The Morgan fingerprint density at radius 1 is 1.37 bits per heavy atom. The van der Waals surface area contributed by atoms with E-state index in [0.717, 1.165) is 5.56 Å². The number of carbonyl (C=O) groups is 1. The predicted octanol–water partition coefficient (Wildman–Crippen LogP) is 1.55. The number of β-amino-alcohol motifs (C(OH)–C–C–N with tert-alkyl or cyclic N) is 1. The quantitative estimate of drug-likeness (QED) is 0.887. The van der Waals surface area contributed by atoms with Gasteiger partial charge in [0, 0.05) is 24.2 Å². The topological polar surface area (TPSA) is 66.6 Å². The van der Waals surface area contributed by atoms with Gasteiger partial charge in [-0.1, -0.05) is 12.1 Å². The number of oxazole rings is 1. The number of aromatic nitrogens is 1. The average molecular weight is 258 g/mol. The van der Waals surface area contributed by atoms with Crippen LogP contribution in [0.4, 0.5) is 0 Å². The van der Waals surface area contributed by atoms with Gasteiger partial charge in [0.2, 0.25) is 0 Å². The first-order chi connectivity index (χ1) is 9.24. The van der Waals surface area contributed by atoms with E-state index >= 15 is 0 Å². The third kappa shape index (κ3) is 2.37. The molecule has 5 heteroatoms. The summed E-state index contributed by atoms with van der Waals surface area (Å²) in [6.45, 7) is 1.03. The lowest BCUT2D eigenvalue weighted by atomic mass is 10.1. The molecule has 1 amide bonds. The highest BCUT2D eigenvalue weighted by Crippen LogP contribution is 2.20. The maximum absolute atomic E-state index is 12.2. The predicted molar refractivity (Wildman–Crippen MR) is 68.5 cm³/mol. The summed E-state index contributed by atoms with van der Waals surface area (Å²) in [6.07, 6.45) is 3.27. The minimum Gasteiger partial charge on any atom is -0.444 e. The zero-order chi connectivity index (χ0) is 13.2. The molecule has 5 nitrogen and oxygen atoms in total. The molecule has 1 saturated heterocycles. The summed E-state index contributed by atoms with van der Waals surface area (Å²) >= 11 is 0. The van der Waals surface area contributed by atoms with Crippen molar-refractivity contribution in [1.29, 1.82) is 0 Å². The lowest BCUT2D eigenvalue weighted by Crippen LogP contribution is -2.29. The summed E-state index contributed by atoms with van der Waals surface area (Å²) in [4.78, 5) is 17.7. The third-order valence-electron chi connectivity index (χ3n) is 3.30. The molecular formula is C14H14N2O3. The molecule has 3 rings (SSSR count). The van der Waals surface area contributed by atoms with E-state index in [1.54, 1.807) is 23.2 Å². The van der Waals surface area contributed by atoms with Crippen LogP contribution in [0.1, 0.15) is 16.8 Å². The Balaban J connectivity index is 1.77. The van der Waals surface area contributed by atoms with Crippen molar-refractivity contribution in [2.45, 2.75) is 12.5 Å². The maximum atomic E-state index is 12.2. The van der Waals surface area contributed by atoms with Crippen molar-refractivity contribution in [3.05, 3.63) is 42.4 Å². The van der Waals surface area contributed by atoms with Gasteiger partial charge in [-0.3, -0.25) is 4.79 Å². The second-order valence-corrected chi connectivity index (χ2v) is 4.64. The van der Waals surface area contributed by atoms with Crippen LogP contribution in [0.5, 0.6) is 0 Å². The van der Waals surface area contributed by atoms with Gasteiger partial charge in [0.1, 0.15) is 0 Å². The molecule has 0 spiro atoms. The van der Waals surface area contributed by atoms with Crippen molar-refractivity contribution in [3.63, 3.8) is 0 Å². The van der Waals surface area contributed by atoms with Gasteiger partial charge in [-0.05, 0) is 18.6 Å². The van der Waals surface area contributed by atoms with Crippen LogP contribution in [0.3, 0.4) is 0 Å². The molecule has 1 aromatic heterocycles. The van der Waals surface area contributed by atoms with Crippen molar-refractivity contribution < 1.29 is 14.3 Å². The average Bonchev–Trinajstić information content (AvgIpc) is 3.09. The number of carbonyl (C=O) groups excluding carboxylic acids is 1. The number of hydrogen-bond donors (Lipinski definition) is 1. The summed E-state index contributed by atoms with van der Waals surface area (Å²) in [7, 11) is 0. The fourth-order valence-corrected chi connectivity index (χ4v) is 2.24. The standard InChI is InChI=1S/C14H14N2O3/c17-12-5-6-16(8-12)14(18)11-3-1-10(2-4-11)13-7-15-9-19-13/h1-4,7,9,12,17H,5-6,8H2/t12-/m1/s1. The first-order valence-corrected chi connectivity index (χ1v) is 6.20. The largest absolute Gasteiger partial charge is 0.444 e. The first-order valence-electron chi connectivity index (χ1n) is 6.20. The molecule has 0 radical (unpaired) electrons. The summed E-state index contributed by atoms with van der Waals surface area (Å²) in [5, 5.41) is 9.45. The third-order valence-corrected chi connectivity index (χ3v) is 3.30. The molecule has 1 N–H and O–H groups in total. The van der Waals surface area contributed by atoms with E-state index in [-0.39, 0.29) is 5.91 Å². The van der Waals surface area contributed by atoms with Gasteiger partial charge >= 0.3 is 0 Å². The van der Waals surface area contributed by atoms with Gasteiger partial charge < -0.3 is 14.4 Å². The minimum atomic E-state index is -0.391. The molecule has 1 aliphatic rings. The molecule has 0 bridgehead atoms.